The van der Waals surface area contributed by atoms with Gasteiger partial charge in [0.25, 0.3) is 0 Å². The van der Waals surface area contributed by atoms with Crippen molar-refractivity contribution < 1.29 is 5.11 Å². The van der Waals surface area contributed by atoms with Crippen LogP contribution in [0.4, 0.5) is 0 Å². The summed E-state index contributed by atoms with van der Waals surface area (Å²) in [6.45, 7) is 6.55. The van der Waals surface area contributed by atoms with Crippen molar-refractivity contribution in [2.75, 3.05) is 14.1 Å². The Morgan fingerprint density at radius 3 is 2.71 bits per heavy atom. The summed E-state index contributed by atoms with van der Waals surface area (Å²) in [5.74, 6) is 0.684. The van der Waals surface area contributed by atoms with Crippen LogP contribution in [0.1, 0.15) is 58.2 Å². The zero-order valence-electron chi connectivity index (χ0n) is 14.2. The molecule has 1 aromatic heterocycles. The highest BCUT2D eigenvalue weighted by atomic mass is 16.3. The molecular formula is C17H31N3O. The second-order valence-electron chi connectivity index (χ2n) is 7.30. The van der Waals surface area contributed by atoms with Crippen molar-refractivity contribution in [3.05, 3.63) is 18.0 Å². The van der Waals surface area contributed by atoms with Gasteiger partial charge >= 0.3 is 0 Å². The fourth-order valence-electron chi connectivity index (χ4n) is 3.73. The monoisotopic (exact) mass is 293 g/mol. The predicted molar refractivity (Wildman–Crippen MR) is 86.4 cm³/mol. The first-order valence-electron chi connectivity index (χ1n) is 8.24. The quantitative estimate of drug-likeness (QED) is 0.907. The van der Waals surface area contributed by atoms with E-state index in [-0.39, 0.29) is 11.6 Å². The van der Waals surface area contributed by atoms with Gasteiger partial charge in [-0.2, -0.15) is 5.10 Å². The third kappa shape index (κ3) is 3.49. The number of hydrogen-bond donors (Lipinski definition) is 1. The predicted octanol–water partition coefficient (Wildman–Crippen LogP) is 2.88. The Morgan fingerprint density at radius 2 is 2.19 bits per heavy atom. The lowest BCUT2D eigenvalue weighted by Gasteiger charge is -2.48. The molecule has 4 heteroatoms. The Kier molecular flexibility index (Phi) is 5.10. The fourth-order valence-corrected chi connectivity index (χ4v) is 3.73. The molecule has 1 saturated carbocycles. The summed E-state index contributed by atoms with van der Waals surface area (Å²) in [4.78, 5) is 2.24. The van der Waals surface area contributed by atoms with E-state index in [9.17, 15) is 5.11 Å². The average molecular weight is 293 g/mol. The molecule has 0 aliphatic heterocycles. The zero-order chi connectivity index (χ0) is 15.6. The van der Waals surface area contributed by atoms with Crippen LogP contribution in [0.2, 0.25) is 0 Å². The van der Waals surface area contributed by atoms with Gasteiger partial charge in [0.15, 0.2) is 0 Å². The second kappa shape index (κ2) is 6.49. The van der Waals surface area contributed by atoms with E-state index in [0.717, 1.165) is 18.5 Å². The summed E-state index contributed by atoms with van der Waals surface area (Å²) >= 11 is 0. The molecule has 1 aromatic rings. The molecule has 21 heavy (non-hydrogen) atoms. The van der Waals surface area contributed by atoms with E-state index in [2.05, 4.69) is 44.9 Å². The summed E-state index contributed by atoms with van der Waals surface area (Å²) in [5, 5.41) is 15.5. The SMILES string of the molecule is CC1CCCC(C(O)Cc2ccn(C(C)C)n2)(N(C)C)C1. The lowest BCUT2D eigenvalue weighted by Crippen LogP contribution is -2.56. The molecule has 3 unspecified atom stereocenters. The van der Waals surface area contributed by atoms with Gasteiger partial charge < -0.3 is 10.0 Å². The third-order valence-corrected chi connectivity index (χ3v) is 5.11. The number of aliphatic hydroxyl groups is 1. The molecule has 1 aliphatic carbocycles. The molecule has 1 aliphatic rings. The molecule has 0 aromatic carbocycles. The number of nitrogens with zero attached hydrogens (tertiary/aromatic N) is 3. The smallest absolute Gasteiger partial charge is 0.0779 e. The number of hydrogen-bond acceptors (Lipinski definition) is 3. The van der Waals surface area contributed by atoms with Gasteiger partial charge in [-0.3, -0.25) is 4.68 Å². The first-order valence-corrected chi connectivity index (χ1v) is 8.24. The molecule has 1 fully saturated rings. The number of likely N-dealkylation sites (N-methyl/N-ethyl adjacent to an activating group) is 1. The highest BCUT2D eigenvalue weighted by Crippen LogP contribution is 2.39. The Bertz CT molecular complexity index is 455. The van der Waals surface area contributed by atoms with E-state index in [1.807, 2.05) is 16.9 Å². The summed E-state index contributed by atoms with van der Waals surface area (Å²) in [7, 11) is 4.21. The fraction of sp³-hybridized carbons (Fsp3) is 0.824. The van der Waals surface area contributed by atoms with Crippen molar-refractivity contribution in [1.82, 2.24) is 14.7 Å². The van der Waals surface area contributed by atoms with Crippen molar-refractivity contribution in [1.29, 1.82) is 0 Å². The van der Waals surface area contributed by atoms with E-state index in [1.54, 1.807) is 0 Å². The first-order chi connectivity index (χ1) is 9.85. The van der Waals surface area contributed by atoms with Crippen LogP contribution in [0.15, 0.2) is 12.3 Å². The molecule has 1 N–H and O–H groups in total. The molecular weight excluding hydrogens is 262 g/mol. The van der Waals surface area contributed by atoms with Gasteiger partial charge in [0.2, 0.25) is 0 Å². The number of rotatable bonds is 5. The van der Waals surface area contributed by atoms with Crippen LogP contribution in [0, 0.1) is 5.92 Å². The summed E-state index contributed by atoms with van der Waals surface area (Å²) in [6.07, 6.45) is 6.94. The minimum Gasteiger partial charge on any atom is -0.391 e. The largest absolute Gasteiger partial charge is 0.391 e. The van der Waals surface area contributed by atoms with Gasteiger partial charge in [-0.15, -0.1) is 0 Å². The van der Waals surface area contributed by atoms with Crippen molar-refractivity contribution in [2.45, 2.75) is 70.6 Å². The van der Waals surface area contributed by atoms with Crippen molar-refractivity contribution in [2.24, 2.45) is 5.92 Å². The normalized spacial score (nSPS) is 28.3. The molecule has 4 nitrogen and oxygen atoms in total. The summed E-state index contributed by atoms with van der Waals surface area (Å²) in [5.41, 5.74) is 0.898. The molecule has 0 amide bonds. The second-order valence-corrected chi connectivity index (χ2v) is 7.30. The standard InChI is InChI=1S/C17H31N3O/c1-13(2)20-10-8-15(18-20)11-16(21)17(19(4)5)9-6-7-14(3)12-17/h8,10,13-14,16,21H,6-7,9,11-12H2,1-5H3. The van der Waals surface area contributed by atoms with E-state index >= 15 is 0 Å². The van der Waals surface area contributed by atoms with Crippen LogP contribution in [-0.4, -0.2) is 45.5 Å². The minimum absolute atomic E-state index is 0.0979. The van der Waals surface area contributed by atoms with E-state index in [4.69, 9.17) is 0 Å². The lowest BCUT2D eigenvalue weighted by atomic mass is 9.71. The van der Waals surface area contributed by atoms with Crippen LogP contribution in [0.25, 0.3) is 0 Å². The summed E-state index contributed by atoms with van der Waals surface area (Å²) < 4.78 is 1.97. The molecule has 0 saturated heterocycles. The highest BCUT2D eigenvalue weighted by molar-refractivity contribution is 5.07. The maximum Gasteiger partial charge on any atom is 0.0779 e. The molecule has 3 atom stereocenters. The topological polar surface area (TPSA) is 41.3 Å². The molecule has 0 bridgehead atoms. The Morgan fingerprint density at radius 1 is 1.48 bits per heavy atom. The maximum absolute atomic E-state index is 10.9. The Balaban J connectivity index is 2.13. The third-order valence-electron chi connectivity index (χ3n) is 5.11. The lowest BCUT2D eigenvalue weighted by molar-refractivity contribution is -0.0429. The minimum atomic E-state index is -0.356. The first kappa shape index (κ1) is 16.5. The van der Waals surface area contributed by atoms with Crippen LogP contribution in [0.3, 0.4) is 0 Å². The van der Waals surface area contributed by atoms with Gasteiger partial charge in [-0.1, -0.05) is 19.8 Å². The zero-order valence-corrected chi connectivity index (χ0v) is 14.2. The van der Waals surface area contributed by atoms with Crippen LogP contribution < -0.4 is 0 Å². The van der Waals surface area contributed by atoms with Gasteiger partial charge in [0.1, 0.15) is 0 Å². The van der Waals surface area contributed by atoms with Crippen LogP contribution >= 0.6 is 0 Å². The highest BCUT2D eigenvalue weighted by Gasteiger charge is 2.43. The van der Waals surface area contributed by atoms with E-state index < -0.39 is 0 Å². The van der Waals surface area contributed by atoms with Crippen molar-refractivity contribution in [3.63, 3.8) is 0 Å². The van der Waals surface area contributed by atoms with E-state index in [0.29, 0.717) is 18.4 Å². The van der Waals surface area contributed by atoms with Crippen LogP contribution in [-0.2, 0) is 6.42 Å². The van der Waals surface area contributed by atoms with Gasteiger partial charge in [0.05, 0.1) is 11.8 Å². The van der Waals surface area contributed by atoms with Crippen LogP contribution in [0.5, 0.6) is 0 Å². The molecule has 0 spiro atoms. The molecule has 2 rings (SSSR count). The van der Waals surface area contributed by atoms with Gasteiger partial charge in [-0.05, 0) is 52.8 Å². The van der Waals surface area contributed by atoms with E-state index in [1.165, 1.54) is 12.8 Å². The number of aliphatic hydroxyl groups excluding tert-OH is 1. The summed E-state index contributed by atoms with van der Waals surface area (Å²) in [6, 6.07) is 2.41. The van der Waals surface area contributed by atoms with Gasteiger partial charge in [-0.25, -0.2) is 0 Å². The van der Waals surface area contributed by atoms with Gasteiger partial charge in [0, 0.05) is 24.2 Å². The maximum atomic E-state index is 10.9. The van der Waals surface area contributed by atoms with Crippen molar-refractivity contribution >= 4 is 0 Å². The van der Waals surface area contributed by atoms with Crippen molar-refractivity contribution in [3.8, 4) is 0 Å². The Labute approximate surface area is 129 Å². The number of aromatic nitrogens is 2. The molecule has 1 heterocycles. The molecule has 120 valence electrons. The average Bonchev–Trinajstić information content (AvgIpc) is 2.87. The molecule has 0 radical (unpaired) electrons. The Hall–Kier alpha value is -0.870.